The lowest BCUT2D eigenvalue weighted by atomic mass is 9.95. The number of nitrogen functional groups attached to an aromatic ring is 1. The number of ether oxygens (including phenoxy) is 1. The molecule has 3 aromatic heterocycles. The number of anilines is 2. The molecule has 0 aliphatic carbocycles. The molecule has 7 rings (SSSR count). The largest absolute Gasteiger partial charge is 0.461 e. The van der Waals surface area contributed by atoms with E-state index < -0.39 is 11.6 Å². The van der Waals surface area contributed by atoms with Crippen molar-refractivity contribution in [3.8, 4) is 17.3 Å². The van der Waals surface area contributed by atoms with Gasteiger partial charge in [-0.15, -0.1) is 0 Å². The van der Waals surface area contributed by atoms with Gasteiger partial charge >= 0.3 is 6.01 Å². The highest BCUT2D eigenvalue weighted by Gasteiger charge is 2.45. The molecule has 5 heterocycles. The normalized spacial score (nSPS) is 16.3. The quantitative estimate of drug-likeness (QED) is 0.266. The summed E-state index contributed by atoms with van der Waals surface area (Å²) in [6, 6.07) is 13.8. The molecule has 214 valence electrons. The van der Waals surface area contributed by atoms with E-state index in [0.29, 0.717) is 46.5 Å². The SMILES string of the molecule is CN(Cc1cccnc1N)c1nc(OCC23CCCN2CCC3)nc2c(F)c(-c3cccc4cccc(F)c34)ncc12. The monoisotopic (exact) mass is 567 g/mol. The number of nitrogens with two attached hydrogens (primary N) is 1. The molecule has 0 radical (unpaired) electrons. The van der Waals surface area contributed by atoms with Crippen LogP contribution in [0.2, 0.25) is 0 Å². The third-order valence-electron chi connectivity index (χ3n) is 8.73. The van der Waals surface area contributed by atoms with Crippen LogP contribution in [0, 0.1) is 11.6 Å². The number of nitrogens with zero attached hydrogens (tertiary/aromatic N) is 6. The summed E-state index contributed by atoms with van der Waals surface area (Å²) in [6.07, 6.45) is 7.56. The van der Waals surface area contributed by atoms with Crippen LogP contribution in [0.1, 0.15) is 31.2 Å². The van der Waals surface area contributed by atoms with Gasteiger partial charge in [0, 0.05) is 42.5 Å². The van der Waals surface area contributed by atoms with E-state index in [1.165, 1.54) is 6.07 Å². The second-order valence-corrected chi connectivity index (χ2v) is 11.3. The Morgan fingerprint density at radius 1 is 1.00 bits per heavy atom. The van der Waals surface area contributed by atoms with E-state index >= 15 is 4.39 Å². The Kier molecular flexibility index (Phi) is 6.57. The maximum atomic E-state index is 16.5. The molecule has 2 aromatic carbocycles. The summed E-state index contributed by atoms with van der Waals surface area (Å²) in [4.78, 5) is 22.4. The van der Waals surface area contributed by atoms with Crippen LogP contribution in [0.15, 0.2) is 60.9 Å². The molecule has 0 bridgehead atoms. The number of hydrogen-bond donors (Lipinski definition) is 1. The van der Waals surface area contributed by atoms with Crippen LogP contribution in [0.5, 0.6) is 6.01 Å². The molecule has 2 aliphatic heterocycles. The Bertz CT molecular complexity index is 1800. The van der Waals surface area contributed by atoms with Gasteiger partial charge in [-0.1, -0.05) is 36.4 Å². The molecule has 10 heteroatoms. The average Bonchev–Trinajstić information content (AvgIpc) is 3.58. The van der Waals surface area contributed by atoms with Gasteiger partial charge in [0.05, 0.1) is 10.9 Å². The standard InChI is InChI=1S/C32H31F2N7O/c1-40(18-21-9-4-14-36-29(21)35)30-23-17-37-27(22-10-2-7-20-8-3-11-24(33)25(20)22)26(34)28(23)38-31(39-30)42-19-32-12-5-15-41(32)16-6-13-32/h2-4,7-11,14,17H,5-6,12-13,15-16,18-19H2,1H3,(H2,35,36). The molecule has 2 saturated heterocycles. The van der Waals surface area contributed by atoms with Gasteiger partial charge in [-0.3, -0.25) is 9.88 Å². The van der Waals surface area contributed by atoms with E-state index in [1.807, 2.05) is 24.1 Å². The van der Waals surface area contributed by atoms with Crippen molar-refractivity contribution in [3.05, 3.63) is 78.1 Å². The Morgan fingerprint density at radius 3 is 2.57 bits per heavy atom. The van der Waals surface area contributed by atoms with Crippen molar-refractivity contribution in [1.82, 2.24) is 24.8 Å². The summed E-state index contributed by atoms with van der Waals surface area (Å²) >= 11 is 0. The van der Waals surface area contributed by atoms with Crippen LogP contribution < -0.4 is 15.4 Å². The Morgan fingerprint density at radius 2 is 1.79 bits per heavy atom. The molecule has 0 amide bonds. The highest BCUT2D eigenvalue weighted by Crippen LogP contribution is 2.40. The summed E-state index contributed by atoms with van der Waals surface area (Å²) in [5.74, 6) is -0.243. The van der Waals surface area contributed by atoms with Crippen molar-refractivity contribution in [3.63, 3.8) is 0 Å². The van der Waals surface area contributed by atoms with Crippen LogP contribution >= 0.6 is 0 Å². The second kappa shape index (κ2) is 10.4. The fourth-order valence-corrected chi connectivity index (χ4v) is 6.63. The Labute approximate surface area is 242 Å². The summed E-state index contributed by atoms with van der Waals surface area (Å²) in [7, 11) is 1.85. The van der Waals surface area contributed by atoms with Crippen LogP contribution in [-0.2, 0) is 6.54 Å². The van der Waals surface area contributed by atoms with E-state index in [1.54, 1.807) is 42.7 Å². The predicted octanol–water partition coefficient (Wildman–Crippen LogP) is 5.74. The zero-order chi connectivity index (χ0) is 28.8. The first-order chi connectivity index (χ1) is 20.4. The van der Waals surface area contributed by atoms with Gasteiger partial charge in [-0.25, -0.2) is 13.8 Å². The molecule has 5 aromatic rings. The first kappa shape index (κ1) is 26.5. The van der Waals surface area contributed by atoms with E-state index in [0.717, 1.165) is 44.3 Å². The Balaban J connectivity index is 1.35. The lowest BCUT2D eigenvalue weighted by Crippen LogP contribution is -2.43. The van der Waals surface area contributed by atoms with Crippen molar-refractivity contribution in [1.29, 1.82) is 0 Å². The first-order valence-electron chi connectivity index (χ1n) is 14.3. The van der Waals surface area contributed by atoms with Crippen molar-refractivity contribution in [2.75, 3.05) is 37.4 Å². The number of pyridine rings is 2. The van der Waals surface area contributed by atoms with E-state index in [9.17, 15) is 4.39 Å². The molecule has 2 fully saturated rings. The van der Waals surface area contributed by atoms with Crippen molar-refractivity contribution >= 4 is 33.3 Å². The number of benzene rings is 2. The number of rotatable bonds is 7. The van der Waals surface area contributed by atoms with Crippen LogP contribution in [0.4, 0.5) is 20.4 Å². The van der Waals surface area contributed by atoms with E-state index in [-0.39, 0.29) is 22.8 Å². The lowest BCUT2D eigenvalue weighted by Gasteiger charge is -2.31. The highest BCUT2D eigenvalue weighted by atomic mass is 19.1. The number of hydrogen-bond acceptors (Lipinski definition) is 8. The first-order valence-corrected chi connectivity index (χ1v) is 14.3. The fourth-order valence-electron chi connectivity index (χ4n) is 6.63. The van der Waals surface area contributed by atoms with Gasteiger partial charge in [-0.05, 0) is 56.3 Å². The van der Waals surface area contributed by atoms with Gasteiger partial charge in [0.2, 0.25) is 0 Å². The number of aromatic nitrogens is 4. The van der Waals surface area contributed by atoms with Crippen molar-refractivity contribution < 1.29 is 13.5 Å². The molecular formula is C32H31F2N7O. The summed E-state index contributed by atoms with van der Waals surface area (Å²) in [5.41, 5.74) is 7.33. The van der Waals surface area contributed by atoms with E-state index in [2.05, 4.69) is 19.9 Å². The average molecular weight is 568 g/mol. The maximum Gasteiger partial charge on any atom is 0.319 e. The zero-order valence-corrected chi connectivity index (χ0v) is 23.4. The minimum Gasteiger partial charge on any atom is -0.461 e. The van der Waals surface area contributed by atoms with Crippen LogP contribution in [-0.4, -0.2) is 57.1 Å². The predicted molar refractivity (Wildman–Crippen MR) is 159 cm³/mol. The minimum atomic E-state index is -0.660. The highest BCUT2D eigenvalue weighted by molar-refractivity contribution is 5.99. The maximum absolute atomic E-state index is 16.5. The van der Waals surface area contributed by atoms with Gasteiger partial charge in [0.15, 0.2) is 5.82 Å². The Hall–Kier alpha value is -4.44. The minimum absolute atomic E-state index is 0.0179. The molecule has 0 unspecified atom stereocenters. The second-order valence-electron chi connectivity index (χ2n) is 11.3. The zero-order valence-electron chi connectivity index (χ0n) is 23.4. The van der Waals surface area contributed by atoms with E-state index in [4.69, 9.17) is 15.5 Å². The third kappa shape index (κ3) is 4.46. The van der Waals surface area contributed by atoms with Crippen molar-refractivity contribution in [2.24, 2.45) is 0 Å². The summed E-state index contributed by atoms with van der Waals surface area (Å²) in [6.45, 7) is 2.94. The van der Waals surface area contributed by atoms with Crippen LogP contribution in [0.3, 0.4) is 0 Å². The number of halogens is 2. The molecule has 42 heavy (non-hydrogen) atoms. The van der Waals surface area contributed by atoms with Gasteiger partial charge in [0.1, 0.15) is 35.3 Å². The molecule has 0 spiro atoms. The molecule has 0 atom stereocenters. The summed E-state index contributed by atoms with van der Waals surface area (Å²) < 4.78 is 37.8. The van der Waals surface area contributed by atoms with Gasteiger partial charge in [-0.2, -0.15) is 9.97 Å². The topological polar surface area (TPSA) is 93.3 Å². The molecule has 8 nitrogen and oxygen atoms in total. The fraction of sp³-hybridized carbons (Fsp3) is 0.312. The molecule has 2 aliphatic rings. The third-order valence-corrected chi connectivity index (χ3v) is 8.73. The molecular weight excluding hydrogens is 536 g/mol. The van der Waals surface area contributed by atoms with Gasteiger partial charge < -0.3 is 15.4 Å². The van der Waals surface area contributed by atoms with Crippen molar-refractivity contribution in [2.45, 2.75) is 37.8 Å². The molecule has 2 N–H and O–H groups in total. The van der Waals surface area contributed by atoms with Crippen LogP contribution in [0.25, 0.3) is 32.9 Å². The van der Waals surface area contributed by atoms with Gasteiger partial charge in [0.25, 0.3) is 0 Å². The number of fused-ring (bicyclic) bond motifs is 3. The smallest absolute Gasteiger partial charge is 0.319 e. The summed E-state index contributed by atoms with van der Waals surface area (Å²) in [5, 5.41) is 1.38. The lowest BCUT2D eigenvalue weighted by molar-refractivity contribution is 0.108. The molecule has 0 saturated carbocycles.